The number of halogens is 1. The van der Waals surface area contributed by atoms with Crippen molar-refractivity contribution in [1.82, 2.24) is 5.32 Å². The predicted octanol–water partition coefficient (Wildman–Crippen LogP) is 2.50. The first-order valence-corrected chi connectivity index (χ1v) is 6.80. The third kappa shape index (κ3) is 3.81. The van der Waals surface area contributed by atoms with E-state index in [1.54, 1.807) is 19.9 Å². The maximum atomic E-state index is 11.8. The summed E-state index contributed by atoms with van der Waals surface area (Å²) in [5, 5.41) is 2.60. The highest BCUT2D eigenvalue weighted by atomic mass is 79.9. The molecule has 0 saturated carbocycles. The Morgan fingerprint density at radius 1 is 1.59 bits per heavy atom. The number of thiophene rings is 1. The van der Waals surface area contributed by atoms with Gasteiger partial charge in [0.15, 0.2) is 0 Å². The zero-order valence-corrected chi connectivity index (χ0v) is 12.3. The van der Waals surface area contributed by atoms with Crippen LogP contribution in [0.3, 0.4) is 0 Å². The summed E-state index contributed by atoms with van der Waals surface area (Å²) in [6.07, 6.45) is 0. The molecule has 0 fully saturated rings. The fourth-order valence-corrected chi connectivity index (χ4v) is 2.60. The van der Waals surface area contributed by atoms with Gasteiger partial charge in [0.1, 0.15) is 6.04 Å². The molecule has 0 aliphatic carbocycles. The fourth-order valence-electron chi connectivity index (χ4n) is 1.17. The van der Waals surface area contributed by atoms with E-state index in [0.717, 1.165) is 9.35 Å². The molecule has 0 aliphatic heterocycles. The maximum Gasteiger partial charge on any atom is 0.328 e. The lowest BCUT2D eigenvalue weighted by Gasteiger charge is -2.11. The number of hydrogen-bond acceptors (Lipinski definition) is 4. The molecule has 0 bridgehead atoms. The lowest BCUT2D eigenvalue weighted by atomic mass is 10.3. The van der Waals surface area contributed by atoms with Crippen molar-refractivity contribution in [2.75, 3.05) is 6.61 Å². The van der Waals surface area contributed by atoms with Crippen LogP contribution >= 0.6 is 27.3 Å². The van der Waals surface area contributed by atoms with Crippen molar-refractivity contribution in [1.29, 1.82) is 0 Å². The van der Waals surface area contributed by atoms with Crippen LogP contribution in [-0.2, 0) is 9.53 Å². The number of rotatable bonds is 4. The third-order valence-corrected chi connectivity index (χ3v) is 4.20. The first-order valence-electron chi connectivity index (χ1n) is 5.19. The Hall–Kier alpha value is -0.880. The van der Waals surface area contributed by atoms with Crippen LogP contribution < -0.4 is 5.32 Å². The van der Waals surface area contributed by atoms with Gasteiger partial charge in [0, 0.05) is 0 Å². The van der Waals surface area contributed by atoms with Crippen molar-refractivity contribution >= 4 is 39.1 Å². The van der Waals surface area contributed by atoms with E-state index in [0.29, 0.717) is 11.5 Å². The molecule has 0 aromatic carbocycles. The summed E-state index contributed by atoms with van der Waals surface area (Å²) in [7, 11) is 0. The van der Waals surface area contributed by atoms with Crippen molar-refractivity contribution in [2.45, 2.75) is 26.8 Å². The molecule has 0 radical (unpaired) electrons. The van der Waals surface area contributed by atoms with E-state index in [-0.39, 0.29) is 5.91 Å². The lowest BCUT2D eigenvalue weighted by molar-refractivity contribution is -0.144. The largest absolute Gasteiger partial charge is 0.464 e. The van der Waals surface area contributed by atoms with Gasteiger partial charge in [-0.15, -0.1) is 11.3 Å². The van der Waals surface area contributed by atoms with Gasteiger partial charge < -0.3 is 10.1 Å². The van der Waals surface area contributed by atoms with Crippen LogP contribution in [0, 0.1) is 6.92 Å². The van der Waals surface area contributed by atoms with Crippen LogP contribution in [0.5, 0.6) is 0 Å². The number of carbonyl (C=O) groups excluding carboxylic acids is 2. The summed E-state index contributed by atoms with van der Waals surface area (Å²) in [6, 6.07) is 1.14. The molecule has 1 heterocycles. The van der Waals surface area contributed by atoms with E-state index in [1.807, 2.05) is 6.92 Å². The molecule has 1 aromatic heterocycles. The fraction of sp³-hybridized carbons (Fsp3) is 0.455. The van der Waals surface area contributed by atoms with Gasteiger partial charge in [0.2, 0.25) is 0 Å². The summed E-state index contributed by atoms with van der Waals surface area (Å²) in [5.74, 6) is -0.683. The molecule has 94 valence electrons. The lowest BCUT2D eigenvalue weighted by Crippen LogP contribution is -2.39. The van der Waals surface area contributed by atoms with E-state index < -0.39 is 12.0 Å². The molecule has 1 unspecified atom stereocenters. The summed E-state index contributed by atoms with van der Waals surface area (Å²) in [5.41, 5.74) is 1.00. The Morgan fingerprint density at radius 2 is 2.24 bits per heavy atom. The highest BCUT2D eigenvalue weighted by Gasteiger charge is 2.19. The van der Waals surface area contributed by atoms with Crippen LogP contribution in [0.2, 0.25) is 0 Å². The van der Waals surface area contributed by atoms with E-state index in [9.17, 15) is 9.59 Å². The summed E-state index contributed by atoms with van der Waals surface area (Å²) >= 11 is 4.69. The van der Waals surface area contributed by atoms with Gasteiger partial charge in [0.25, 0.3) is 5.91 Å². The van der Waals surface area contributed by atoms with Crippen molar-refractivity contribution < 1.29 is 14.3 Å². The monoisotopic (exact) mass is 319 g/mol. The number of carbonyl (C=O) groups is 2. The number of amides is 1. The second-order valence-corrected chi connectivity index (χ2v) is 5.88. The molecule has 0 aliphatic rings. The topological polar surface area (TPSA) is 55.4 Å². The standard InChI is InChI=1S/C11H14BrNO3S/c1-4-16-11(15)7(3)13-10(14)8-5-6(2)9(12)17-8/h5,7H,4H2,1-3H3,(H,13,14). The van der Waals surface area contributed by atoms with Crippen molar-refractivity contribution in [3.05, 3.63) is 20.3 Å². The third-order valence-electron chi connectivity index (χ3n) is 2.07. The van der Waals surface area contributed by atoms with E-state index in [1.165, 1.54) is 11.3 Å². The number of hydrogen-bond donors (Lipinski definition) is 1. The zero-order chi connectivity index (χ0) is 13.0. The maximum absolute atomic E-state index is 11.8. The molecule has 1 aromatic rings. The number of esters is 1. The molecular formula is C11H14BrNO3S. The zero-order valence-electron chi connectivity index (χ0n) is 9.87. The Labute approximate surface area is 112 Å². The van der Waals surface area contributed by atoms with E-state index in [2.05, 4.69) is 21.2 Å². The molecule has 6 heteroatoms. The van der Waals surface area contributed by atoms with Gasteiger partial charge in [-0.3, -0.25) is 4.79 Å². The van der Waals surface area contributed by atoms with Crippen molar-refractivity contribution in [3.8, 4) is 0 Å². The Morgan fingerprint density at radius 3 is 2.71 bits per heavy atom. The van der Waals surface area contributed by atoms with Gasteiger partial charge in [0.05, 0.1) is 15.3 Å². The van der Waals surface area contributed by atoms with Crippen LogP contribution in [0.4, 0.5) is 0 Å². The Kier molecular flexibility index (Phi) is 5.14. The first-order chi connectivity index (χ1) is 7.95. The van der Waals surface area contributed by atoms with Crippen LogP contribution in [-0.4, -0.2) is 24.5 Å². The van der Waals surface area contributed by atoms with Crippen molar-refractivity contribution in [2.24, 2.45) is 0 Å². The average molecular weight is 320 g/mol. The number of ether oxygens (including phenoxy) is 1. The molecule has 4 nitrogen and oxygen atoms in total. The molecule has 17 heavy (non-hydrogen) atoms. The SMILES string of the molecule is CCOC(=O)C(C)NC(=O)c1cc(C)c(Br)s1. The molecule has 1 rings (SSSR count). The summed E-state index contributed by atoms with van der Waals surface area (Å²) in [4.78, 5) is 23.7. The molecule has 0 spiro atoms. The molecule has 1 N–H and O–H groups in total. The summed E-state index contributed by atoms with van der Waals surface area (Å²) < 4.78 is 5.73. The van der Waals surface area contributed by atoms with Crippen LogP contribution in [0.1, 0.15) is 29.1 Å². The minimum atomic E-state index is -0.636. The van der Waals surface area contributed by atoms with Gasteiger partial charge in [-0.25, -0.2) is 4.79 Å². The Bertz CT molecular complexity index is 411. The highest BCUT2D eigenvalue weighted by Crippen LogP contribution is 2.27. The van der Waals surface area contributed by atoms with Gasteiger partial charge in [-0.2, -0.15) is 0 Å². The van der Waals surface area contributed by atoms with Gasteiger partial charge in [-0.1, -0.05) is 0 Å². The minimum Gasteiger partial charge on any atom is -0.464 e. The number of nitrogens with one attached hydrogen (secondary N) is 1. The minimum absolute atomic E-state index is 0.260. The molecular weight excluding hydrogens is 306 g/mol. The normalized spacial score (nSPS) is 12.0. The average Bonchev–Trinajstić information content (AvgIpc) is 2.59. The van der Waals surface area contributed by atoms with Crippen LogP contribution in [0.15, 0.2) is 9.85 Å². The molecule has 1 amide bonds. The van der Waals surface area contributed by atoms with Crippen LogP contribution in [0.25, 0.3) is 0 Å². The highest BCUT2D eigenvalue weighted by molar-refractivity contribution is 9.11. The number of aryl methyl sites for hydroxylation is 1. The second-order valence-electron chi connectivity index (χ2n) is 3.51. The van der Waals surface area contributed by atoms with Crippen molar-refractivity contribution in [3.63, 3.8) is 0 Å². The molecule has 0 saturated heterocycles. The predicted molar refractivity (Wildman–Crippen MR) is 70.3 cm³/mol. The second kappa shape index (κ2) is 6.16. The van der Waals surface area contributed by atoms with E-state index >= 15 is 0 Å². The van der Waals surface area contributed by atoms with E-state index in [4.69, 9.17) is 4.74 Å². The molecule has 1 atom stereocenters. The van der Waals surface area contributed by atoms with Gasteiger partial charge in [-0.05, 0) is 48.3 Å². The first kappa shape index (κ1) is 14.2. The Balaban J connectivity index is 2.63. The summed E-state index contributed by atoms with van der Waals surface area (Å²) in [6.45, 7) is 5.55. The smallest absolute Gasteiger partial charge is 0.328 e. The van der Waals surface area contributed by atoms with Gasteiger partial charge >= 0.3 is 5.97 Å². The quantitative estimate of drug-likeness (QED) is 0.867.